The minimum Gasteiger partial charge on any atom is -0.493 e. The molecule has 0 saturated carbocycles. The maximum atomic E-state index is 12.9. The molecule has 1 N–H and O–H groups in total. The fourth-order valence-electron chi connectivity index (χ4n) is 2.74. The van der Waals surface area contributed by atoms with E-state index in [1.54, 1.807) is 13.0 Å². The van der Waals surface area contributed by atoms with Gasteiger partial charge in [-0.3, -0.25) is 4.79 Å². The lowest BCUT2D eigenvalue weighted by atomic mass is 10.0. The summed E-state index contributed by atoms with van der Waals surface area (Å²) in [6, 6.07) is 3.03. The summed E-state index contributed by atoms with van der Waals surface area (Å²) in [7, 11) is -0.867. The Morgan fingerprint density at radius 2 is 1.87 bits per heavy atom. The number of nitrogens with zero attached hydrogens (tertiary/aromatic N) is 1. The van der Waals surface area contributed by atoms with E-state index >= 15 is 0 Å². The third-order valence-electron chi connectivity index (χ3n) is 4.03. The zero-order valence-electron chi connectivity index (χ0n) is 13.4. The smallest absolute Gasteiger partial charge is 0.307 e. The van der Waals surface area contributed by atoms with Gasteiger partial charge in [0.2, 0.25) is 10.0 Å². The molecule has 0 aliphatic carbocycles. The number of benzene rings is 1. The fourth-order valence-corrected chi connectivity index (χ4v) is 4.49. The molecule has 1 saturated heterocycles. The SMILES string of the molecule is COc1cc(C)c(S(=O)(=O)N2CCC[C@@H](C(=O)O)C2)cc1OC. The molecule has 1 heterocycles. The van der Waals surface area contributed by atoms with E-state index in [0.29, 0.717) is 36.4 Å². The van der Waals surface area contributed by atoms with E-state index in [-0.39, 0.29) is 11.4 Å². The Hall–Kier alpha value is -1.80. The quantitative estimate of drug-likeness (QED) is 0.871. The highest BCUT2D eigenvalue weighted by Gasteiger charge is 2.34. The lowest BCUT2D eigenvalue weighted by molar-refractivity contribution is -0.142. The van der Waals surface area contributed by atoms with Crippen LogP contribution in [0.5, 0.6) is 11.5 Å². The van der Waals surface area contributed by atoms with Gasteiger partial charge >= 0.3 is 5.97 Å². The van der Waals surface area contributed by atoms with Crippen LogP contribution in [-0.4, -0.2) is 51.1 Å². The van der Waals surface area contributed by atoms with Crippen LogP contribution in [0.3, 0.4) is 0 Å². The fraction of sp³-hybridized carbons (Fsp3) is 0.533. The molecule has 7 nitrogen and oxygen atoms in total. The second kappa shape index (κ2) is 6.76. The number of piperidine rings is 1. The first kappa shape index (κ1) is 17.6. The molecule has 0 radical (unpaired) electrons. The van der Waals surface area contributed by atoms with Gasteiger partial charge in [0.25, 0.3) is 0 Å². The van der Waals surface area contributed by atoms with E-state index in [4.69, 9.17) is 14.6 Å². The summed E-state index contributed by atoms with van der Waals surface area (Å²) in [6.07, 6.45) is 1.02. The Kier molecular flexibility index (Phi) is 5.16. The molecule has 8 heteroatoms. The van der Waals surface area contributed by atoms with Crippen molar-refractivity contribution in [2.75, 3.05) is 27.3 Å². The van der Waals surface area contributed by atoms with E-state index in [9.17, 15) is 13.2 Å². The summed E-state index contributed by atoms with van der Waals surface area (Å²) in [5.41, 5.74) is 0.528. The van der Waals surface area contributed by atoms with Gasteiger partial charge in [-0.05, 0) is 31.4 Å². The van der Waals surface area contributed by atoms with Crippen molar-refractivity contribution in [2.24, 2.45) is 5.92 Å². The van der Waals surface area contributed by atoms with Crippen LogP contribution < -0.4 is 9.47 Å². The van der Waals surface area contributed by atoms with Crippen molar-refractivity contribution in [3.63, 3.8) is 0 Å². The molecule has 1 aromatic carbocycles. The van der Waals surface area contributed by atoms with E-state index in [1.807, 2.05) is 0 Å². The molecule has 23 heavy (non-hydrogen) atoms. The minimum atomic E-state index is -3.78. The van der Waals surface area contributed by atoms with Gasteiger partial charge in [-0.1, -0.05) is 0 Å². The highest BCUT2D eigenvalue weighted by Crippen LogP contribution is 2.34. The normalized spacial score (nSPS) is 19.3. The summed E-state index contributed by atoms with van der Waals surface area (Å²) >= 11 is 0. The Labute approximate surface area is 135 Å². The zero-order valence-corrected chi connectivity index (χ0v) is 14.2. The molecule has 128 valence electrons. The van der Waals surface area contributed by atoms with Gasteiger partial charge in [-0.25, -0.2) is 8.42 Å². The van der Waals surface area contributed by atoms with E-state index < -0.39 is 21.9 Å². The number of carbonyl (C=O) groups is 1. The molecule has 1 fully saturated rings. The first-order valence-electron chi connectivity index (χ1n) is 7.26. The number of sulfonamides is 1. The zero-order chi connectivity index (χ0) is 17.2. The lowest BCUT2D eigenvalue weighted by Gasteiger charge is -2.30. The number of aryl methyl sites for hydroxylation is 1. The maximum absolute atomic E-state index is 12.9. The Bertz CT molecular complexity index is 700. The molecule has 0 unspecified atom stereocenters. The number of hydrogen-bond donors (Lipinski definition) is 1. The molecule has 1 atom stereocenters. The maximum Gasteiger partial charge on any atom is 0.307 e. The van der Waals surface area contributed by atoms with Gasteiger partial charge < -0.3 is 14.6 Å². The molecular weight excluding hydrogens is 322 g/mol. The van der Waals surface area contributed by atoms with E-state index in [1.165, 1.54) is 24.6 Å². The van der Waals surface area contributed by atoms with Gasteiger partial charge in [-0.2, -0.15) is 4.31 Å². The van der Waals surface area contributed by atoms with Crippen LogP contribution >= 0.6 is 0 Å². The van der Waals surface area contributed by atoms with Crippen LogP contribution in [0.15, 0.2) is 17.0 Å². The summed E-state index contributed by atoms with van der Waals surface area (Å²) < 4.78 is 37.3. The van der Waals surface area contributed by atoms with E-state index in [2.05, 4.69) is 0 Å². The first-order chi connectivity index (χ1) is 10.8. The van der Waals surface area contributed by atoms with Crippen molar-refractivity contribution >= 4 is 16.0 Å². The Balaban J connectivity index is 2.41. The average Bonchev–Trinajstić information content (AvgIpc) is 2.54. The predicted molar refractivity (Wildman–Crippen MR) is 83.4 cm³/mol. The average molecular weight is 343 g/mol. The van der Waals surface area contributed by atoms with Crippen LogP contribution in [0.25, 0.3) is 0 Å². The molecule has 1 aromatic rings. The van der Waals surface area contributed by atoms with Crippen molar-refractivity contribution < 1.29 is 27.8 Å². The third-order valence-corrected chi connectivity index (χ3v) is 6.04. The van der Waals surface area contributed by atoms with Crippen LogP contribution in [-0.2, 0) is 14.8 Å². The lowest BCUT2D eigenvalue weighted by Crippen LogP contribution is -2.42. The minimum absolute atomic E-state index is 0.00848. The van der Waals surface area contributed by atoms with Gasteiger partial charge in [0.1, 0.15) is 0 Å². The number of methoxy groups -OCH3 is 2. The Morgan fingerprint density at radius 3 is 2.43 bits per heavy atom. The Morgan fingerprint density at radius 1 is 1.26 bits per heavy atom. The number of hydrogen-bond acceptors (Lipinski definition) is 5. The van der Waals surface area contributed by atoms with Crippen molar-refractivity contribution in [3.8, 4) is 11.5 Å². The monoisotopic (exact) mass is 343 g/mol. The van der Waals surface area contributed by atoms with Gasteiger partial charge in [-0.15, -0.1) is 0 Å². The molecular formula is C15H21NO6S. The summed E-state index contributed by atoms with van der Waals surface area (Å²) in [5, 5.41) is 9.14. The van der Waals surface area contributed by atoms with Crippen molar-refractivity contribution in [2.45, 2.75) is 24.7 Å². The first-order valence-corrected chi connectivity index (χ1v) is 8.70. The van der Waals surface area contributed by atoms with Crippen molar-refractivity contribution in [1.82, 2.24) is 4.31 Å². The number of ether oxygens (including phenoxy) is 2. The topological polar surface area (TPSA) is 93.1 Å². The highest BCUT2D eigenvalue weighted by molar-refractivity contribution is 7.89. The molecule has 2 rings (SSSR count). The number of rotatable bonds is 5. The predicted octanol–water partition coefficient (Wildman–Crippen LogP) is 1.50. The number of carboxylic acid groups (broad SMARTS) is 1. The van der Waals surface area contributed by atoms with Gasteiger partial charge in [0.15, 0.2) is 11.5 Å². The second-order valence-corrected chi connectivity index (χ2v) is 7.42. The largest absolute Gasteiger partial charge is 0.493 e. The van der Waals surface area contributed by atoms with E-state index in [0.717, 1.165) is 0 Å². The summed E-state index contributed by atoms with van der Waals surface area (Å²) in [4.78, 5) is 11.3. The van der Waals surface area contributed by atoms with Crippen molar-refractivity contribution in [3.05, 3.63) is 17.7 Å². The molecule has 0 spiro atoms. The molecule has 1 aliphatic heterocycles. The molecule has 0 bridgehead atoms. The molecule has 0 amide bonds. The number of carboxylic acids is 1. The molecule has 0 aromatic heterocycles. The molecule has 1 aliphatic rings. The van der Waals surface area contributed by atoms with Gasteiger partial charge in [0.05, 0.1) is 25.0 Å². The van der Waals surface area contributed by atoms with Crippen LogP contribution in [0.4, 0.5) is 0 Å². The number of aliphatic carboxylic acids is 1. The van der Waals surface area contributed by atoms with Crippen molar-refractivity contribution in [1.29, 1.82) is 0 Å². The highest BCUT2D eigenvalue weighted by atomic mass is 32.2. The standard InChI is InChI=1S/C15H21NO6S/c1-10-7-12(21-2)13(22-3)8-14(10)23(19,20)16-6-4-5-11(9-16)15(17)18/h7-8,11H,4-6,9H2,1-3H3,(H,17,18)/t11-/m1/s1. The second-order valence-electron chi connectivity index (χ2n) is 5.51. The van der Waals surface area contributed by atoms with Crippen LogP contribution in [0, 0.1) is 12.8 Å². The van der Waals surface area contributed by atoms with Crippen LogP contribution in [0.2, 0.25) is 0 Å². The van der Waals surface area contributed by atoms with Crippen LogP contribution in [0.1, 0.15) is 18.4 Å². The summed E-state index contributed by atoms with van der Waals surface area (Å²) in [5.74, 6) is -0.859. The third kappa shape index (κ3) is 3.42. The van der Waals surface area contributed by atoms with Gasteiger partial charge in [0, 0.05) is 19.2 Å². The summed E-state index contributed by atoms with van der Waals surface area (Å²) in [6.45, 7) is 1.98.